The molecule has 0 bridgehead atoms. The minimum absolute atomic E-state index is 0.0768. The van der Waals surface area contributed by atoms with Crippen molar-refractivity contribution in [3.8, 4) is 0 Å². The number of aromatic nitrogens is 2. The van der Waals surface area contributed by atoms with Crippen LogP contribution in [0.25, 0.3) is 0 Å². The zero-order valence-electron chi connectivity index (χ0n) is 12.5. The average molecular weight is 280 g/mol. The fourth-order valence-corrected chi connectivity index (χ4v) is 2.34. The van der Waals surface area contributed by atoms with Crippen molar-refractivity contribution in [1.29, 1.82) is 0 Å². The Kier molecular flexibility index (Phi) is 4.45. The van der Waals surface area contributed by atoms with Crippen molar-refractivity contribution in [3.05, 3.63) is 22.6 Å². The molecule has 112 valence electrons. The molecule has 0 spiro atoms. The molecule has 0 radical (unpaired) electrons. The molecule has 1 aromatic rings. The molecule has 1 aliphatic rings. The predicted octanol–water partition coefficient (Wildman–Crippen LogP) is 0.453. The standard InChI is InChI=1S/C14H24N4O2/c1-11(7-15)9-18-13(19)6-12(8-16-18)17-4-5-20-14(2,3)10-17/h6,8,11H,4-5,7,9-10,15H2,1-3H3. The summed E-state index contributed by atoms with van der Waals surface area (Å²) in [6.45, 7) is 9.43. The summed E-state index contributed by atoms with van der Waals surface area (Å²) in [5, 5.41) is 4.26. The van der Waals surface area contributed by atoms with Gasteiger partial charge in [-0.1, -0.05) is 6.92 Å². The molecule has 0 aromatic carbocycles. The van der Waals surface area contributed by atoms with Crippen LogP contribution in [0.4, 0.5) is 5.69 Å². The average Bonchev–Trinajstić information content (AvgIpc) is 2.39. The molecule has 1 atom stereocenters. The molecule has 0 aliphatic carbocycles. The maximum atomic E-state index is 12.1. The SMILES string of the molecule is CC(CN)Cn1ncc(N2CCOC(C)(C)C2)cc1=O. The third kappa shape index (κ3) is 3.58. The van der Waals surface area contributed by atoms with Crippen LogP contribution in [0.1, 0.15) is 20.8 Å². The molecule has 6 nitrogen and oxygen atoms in total. The van der Waals surface area contributed by atoms with Gasteiger partial charge in [-0.15, -0.1) is 0 Å². The van der Waals surface area contributed by atoms with E-state index in [1.54, 1.807) is 12.3 Å². The Morgan fingerprint density at radius 1 is 1.55 bits per heavy atom. The molecular weight excluding hydrogens is 256 g/mol. The van der Waals surface area contributed by atoms with E-state index >= 15 is 0 Å². The summed E-state index contributed by atoms with van der Waals surface area (Å²) in [5.41, 5.74) is 6.18. The van der Waals surface area contributed by atoms with E-state index in [-0.39, 0.29) is 17.1 Å². The normalized spacial score (nSPS) is 19.9. The van der Waals surface area contributed by atoms with Crippen molar-refractivity contribution >= 4 is 5.69 Å². The van der Waals surface area contributed by atoms with Crippen LogP contribution in [0, 0.1) is 5.92 Å². The Balaban J connectivity index is 2.14. The number of nitrogens with two attached hydrogens (primary N) is 1. The minimum Gasteiger partial charge on any atom is -0.372 e. The van der Waals surface area contributed by atoms with E-state index in [4.69, 9.17) is 10.5 Å². The largest absolute Gasteiger partial charge is 0.372 e. The fraction of sp³-hybridized carbons (Fsp3) is 0.714. The molecule has 1 aliphatic heterocycles. The van der Waals surface area contributed by atoms with Gasteiger partial charge in [0.1, 0.15) is 0 Å². The number of ether oxygens (including phenoxy) is 1. The van der Waals surface area contributed by atoms with E-state index in [2.05, 4.69) is 23.8 Å². The number of nitrogens with zero attached hydrogens (tertiary/aromatic N) is 3. The van der Waals surface area contributed by atoms with Crippen LogP contribution in [-0.4, -0.2) is 41.6 Å². The molecular formula is C14H24N4O2. The lowest BCUT2D eigenvalue weighted by Crippen LogP contribution is -2.48. The fourth-order valence-electron chi connectivity index (χ4n) is 2.34. The second-order valence-corrected chi connectivity index (χ2v) is 6.10. The van der Waals surface area contributed by atoms with Gasteiger partial charge in [0.15, 0.2) is 0 Å². The first-order valence-corrected chi connectivity index (χ1v) is 7.07. The summed E-state index contributed by atoms with van der Waals surface area (Å²) in [7, 11) is 0. The van der Waals surface area contributed by atoms with E-state index in [0.29, 0.717) is 19.7 Å². The predicted molar refractivity (Wildman–Crippen MR) is 79.0 cm³/mol. The minimum atomic E-state index is -0.193. The summed E-state index contributed by atoms with van der Waals surface area (Å²) in [4.78, 5) is 14.2. The van der Waals surface area contributed by atoms with Gasteiger partial charge in [0.25, 0.3) is 5.56 Å². The molecule has 1 unspecified atom stereocenters. The third-order valence-corrected chi connectivity index (χ3v) is 3.53. The highest BCUT2D eigenvalue weighted by atomic mass is 16.5. The van der Waals surface area contributed by atoms with Crippen LogP contribution in [0.2, 0.25) is 0 Å². The second kappa shape index (κ2) is 5.93. The summed E-state index contributed by atoms with van der Waals surface area (Å²) in [6, 6.07) is 1.65. The zero-order valence-corrected chi connectivity index (χ0v) is 12.5. The number of anilines is 1. The smallest absolute Gasteiger partial charge is 0.268 e. The molecule has 0 amide bonds. The van der Waals surface area contributed by atoms with Crippen LogP contribution in [0.3, 0.4) is 0 Å². The van der Waals surface area contributed by atoms with Crippen LogP contribution in [-0.2, 0) is 11.3 Å². The molecule has 2 rings (SSSR count). The molecule has 20 heavy (non-hydrogen) atoms. The molecule has 2 N–H and O–H groups in total. The van der Waals surface area contributed by atoms with E-state index in [1.807, 2.05) is 6.92 Å². The highest BCUT2D eigenvalue weighted by Crippen LogP contribution is 2.21. The Hall–Kier alpha value is -1.40. The van der Waals surface area contributed by atoms with E-state index in [9.17, 15) is 4.79 Å². The first kappa shape index (κ1) is 15.0. The lowest BCUT2D eigenvalue weighted by molar-refractivity contribution is -0.0277. The first-order chi connectivity index (χ1) is 9.41. The van der Waals surface area contributed by atoms with Gasteiger partial charge < -0.3 is 15.4 Å². The number of hydrogen-bond acceptors (Lipinski definition) is 5. The first-order valence-electron chi connectivity index (χ1n) is 7.07. The van der Waals surface area contributed by atoms with Crippen molar-refractivity contribution in [2.24, 2.45) is 11.7 Å². The Bertz CT molecular complexity index is 512. The summed E-state index contributed by atoms with van der Waals surface area (Å²) >= 11 is 0. The van der Waals surface area contributed by atoms with Crippen molar-refractivity contribution in [1.82, 2.24) is 9.78 Å². The Labute approximate surface area is 119 Å². The maximum absolute atomic E-state index is 12.1. The summed E-state index contributed by atoms with van der Waals surface area (Å²) < 4.78 is 7.16. The highest BCUT2D eigenvalue weighted by Gasteiger charge is 2.27. The quantitative estimate of drug-likeness (QED) is 0.867. The van der Waals surface area contributed by atoms with Crippen molar-refractivity contribution in [2.45, 2.75) is 32.9 Å². The van der Waals surface area contributed by atoms with Crippen LogP contribution in [0.5, 0.6) is 0 Å². The molecule has 0 saturated carbocycles. The van der Waals surface area contributed by atoms with Gasteiger partial charge in [-0.05, 0) is 26.3 Å². The Morgan fingerprint density at radius 3 is 2.90 bits per heavy atom. The van der Waals surface area contributed by atoms with Crippen LogP contribution >= 0.6 is 0 Å². The topological polar surface area (TPSA) is 73.4 Å². The van der Waals surface area contributed by atoms with Crippen molar-refractivity contribution in [3.63, 3.8) is 0 Å². The third-order valence-electron chi connectivity index (χ3n) is 3.53. The number of hydrogen-bond donors (Lipinski definition) is 1. The highest BCUT2D eigenvalue weighted by molar-refractivity contribution is 5.43. The van der Waals surface area contributed by atoms with E-state index < -0.39 is 0 Å². The summed E-state index contributed by atoms with van der Waals surface area (Å²) in [5.74, 6) is 0.244. The van der Waals surface area contributed by atoms with Crippen molar-refractivity contribution < 1.29 is 4.74 Å². The molecule has 2 heterocycles. The van der Waals surface area contributed by atoms with Gasteiger partial charge in [0, 0.05) is 25.7 Å². The Morgan fingerprint density at radius 2 is 2.30 bits per heavy atom. The van der Waals surface area contributed by atoms with Crippen LogP contribution < -0.4 is 16.2 Å². The maximum Gasteiger partial charge on any atom is 0.268 e. The van der Waals surface area contributed by atoms with Gasteiger partial charge >= 0.3 is 0 Å². The van der Waals surface area contributed by atoms with E-state index in [0.717, 1.165) is 18.8 Å². The van der Waals surface area contributed by atoms with Crippen molar-refractivity contribution in [2.75, 3.05) is 31.1 Å². The van der Waals surface area contributed by atoms with Gasteiger partial charge in [-0.25, -0.2) is 4.68 Å². The van der Waals surface area contributed by atoms with Gasteiger partial charge in [0.2, 0.25) is 0 Å². The van der Waals surface area contributed by atoms with Gasteiger partial charge in [-0.2, -0.15) is 5.10 Å². The lowest BCUT2D eigenvalue weighted by Gasteiger charge is -2.39. The lowest BCUT2D eigenvalue weighted by atomic mass is 10.1. The summed E-state index contributed by atoms with van der Waals surface area (Å²) in [6.07, 6.45) is 1.76. The second-order valence-electron chi connectivity index (χ2n) is 6.10. The zero-order chi connectivity index (χ0) is 14.8. The van der Waals surface area contributed by atoms with Crippen LogP contribution in [0.15, 0.2) is 17.1 Å². The number of morpholine rings is 1. The number of rotatable bonds is 4. The monoisotopic (exact) mass is 280 g/mol. The van der Waals surface area contributed by atoms with Gasteiger partial charge in [-0.3, -0.25) is 4.79 Å². The molecule has 6 heteroatoms. The van der Waals surface area contributed by atoms with Gasteiger partial charge in [0.05, 0.1) is 24.1 Å². The van der Waals surface area contributed by atoms with E-state index in [1.165, 1.54) is 4.68 Å². The molecule has 1 saturated heterocycles. The molecule has 1 fully saturated rings. The molecule has 1 aromatic heterocycles.